The molecule has 0 amide bonds. The second-order valence-corrected chi connectivity index (χ2v) is 5.46. The van der Waals surface area contributed by atoms with E-state index in [1.165, 1.54) is 0 Å². The summed E-state index contributed by atoms with van der Waals surface area (Å²) in [5.41, 5.74) is 6.41. The molecule has 0 saturated heterocycles. The minimum Gasteiger partial charge on any atom is -0.476 e. The molecule has 1 atom stereocenters. The van der Waals surface area contributed by atoms with Crippen molar-refractivity contribution < 1.29 is 9.84 Å². The number of pyridine rings is 1. The van der Waals surface area contributed by atoms with Gasteiger partial charge in [0.15, 0.2) is 0 Å². The van der Waals surface area contributed by atoms with Crippen LogP contribution in [0.25, 0.3) is 0 Å². The average molecular weight is 281 g/mol. The highest BCUT2D eigenvalue weighted by Gasteiger charge is 2.08. The molecular weight excluding hydrogens is 254 g/mol. The molecular formula is C15H27N3O2. The van der Waals surface area contributed by atoms with Crippen LogP contribution in [0.1, 0.15) is 33.6 Å². The number of nitrogens with one attached hydrogen (secondary N) is 1. The van der Waals surface area contributed by atoms with Gasteiger partial charge in [0.2, 0.25) is 5.88 Å². The number of rotatable bonds is 9. The Morgan fingerprint density at radius 1 is 1.40 bits per heavy atom. The number of nitrogens with zero attached hydrogens (tertiary/aromatic N) is 1. The predicted molar refractivity (Wildman–Crippen MR) is 83.0 cm³/mol. The van der Waals surface area contributed by atoms with Crippen LogP contribution in [0.5, 0.6) is 5.88 Å². The third kappa shape index (κ3) is 5.65. The Balaban J connectivity index is 2.60. The molecule has 20 heavy (non-hydrogen) atoms. The fourth-order valence-electron chi connectivity index (χ4n) is 1.79. The molecule has 5 nitrogen and oxygen atoms in total. The smallest absolute Gasteiger partial charge is 0.239 e. The zero-order valence-electron chi connectivity index (χ0n) is 12.7. The normalized spacial score (nSPS) is 12.4. The number of nitrogen functional groups attached to an aromatic ring is 1. The first-order valence-electron chi connectivity index (χ1n) is 7.30. The zero-order chi connectivity index (χ0) is 15.0. The molecule has 0 aliphatic heterocycles. The van der Waals surface area contributed by atoms with E-state index >= 15 is 0 Å². The number of nitrogens with two attached hydrogens (primary N) is 1. The van der Waals surface area contributed by atoms with Crippen LogP contribution in [0, 0.1) is 11.8 Å². The summed E-state index contributed by atoms with van der Waals surface area (Å²) in [6.07, 6.45) is 1.83. The Kier molecular flexibility index (Phi) is 7.15. The molecule has 1 rings (SSSR count). The van der Waals surface area contributed by atoms with Gasteiger partial charge in [-0.2, -0.15) is 4.98 Å². The molecule has 0 bridgehead atoms. The maximum Gasteiger partial charge on any atom is 0.239 e. The summed E-state index contributed by atoms with van der Waals surface area (Å²) >= 11 is 0. The van der Waals surface area contributed by atoms with Crippen LogP contribution >= 0.6 is 0 Å². The highest BCUT2D eigenvalue weighted by molar-refractivity contribution is 5.53. The Morgan fingerprint density at radius 2 is 2.15 bits per heavy atom. The molecule has 1 aromatic rings. The summed E-state index contributed by atoms with van der Waals surface area (Å²) < 4.78 is 5.60. The van der Waals surface area contributed by atoms with Gasteiger partial charge in [-0.15, -0.1) is 0 Å². The second kappa shape index (κ2) is 8.64. The maximum atomic E-state index is 8.99. The van der Waals surface area contributed by atoms with Crippen LogP contribution in [-0.4, -0.2) is 29.8 Å². The molecule has 5 heteroatoms. The van der Waals surface area contributed by atoms with Crippen LogP contribution in [0.15, 0.2) is 12.1 Å². The third-order valence-corrected chi connectivity index (χ3v) is 3.13. The van der Waals surface area contributed by atoms with Crippen molar-refractivity contribution in [2.75, 3.05) is 30.8 Å². The first-order chi connectivity index (χ1) is 9.56. The molecule has 4 N–H and O–H groups in total. The summed E-state index contributed by atoms with van der Waals surface area (Å²) in [6, 6.07) is 3.65. The van der Waals surface area contributed by atoms with Crippen molar-refractivity contribution in [3.05, 3.63) is 12.1 Å². The second-order valence-electron chi connectivity index (χ2n) is 5.46. The summed E-state index contributed by atoms with van der Waals surface area (Å²) in [5.74, 6) is 2.12. The van der Waals surface area contributed by atoms with Crippen molar-refractivity contribution in [3.63, 3.8) is 0 Å². The standard InChI is InChI=1S/C15H27N3O2/c1-4-12(7-8-19)9-17-14-6-5-13(16)15(18-14)20-10-11(2)3/h5-6,11-12,19H,4,7-10,16H2,1-3H3,(H,17,18). The fraction of sp³-hybridized carbons (Fsp3) is 0.667. The zero-order valence-corrected chi connectivity index (χ0v) is 12.7. The van der Waals surface area contributed by atoms with Gasteiger partial charge in [0.05, 0.1) is 12.3 Å². The van der Waals surface area contributed by atoms with Gasteiger partial charge >= 0.3 is 0 Å². The van der Waals surface area contributed by atoms with E-state index in [0.717, 1.165) is 25.2 Å². The molecule has 0 spiro atoms. The van der Waals surface area contributed by atoms with Gasteiger partial charge < -0.3 is 20.9 Å². The van der Waals surface area contributed by atoms with E-state index in [4.69, 9.17) is 15.6 Å². The summed E-state index contributed by atoms with van der Waals surface area (Å²) in [4.78, 5) is 4.39. The lowest BCUT2D eigenvalue weighted by molar-refractivity contribution is 0.257. The number of aliphatic hydroxyl groups excluding tert-OH is 1. The molecule has 0 aliphatic rings. The Morgan fingerprint density at radius 3 is 2.75 bits per heavy atom. The van der Waals surface area contributed by atoms with Gasteiger partial charge in [-0.05, 0) is 30.4 Å². The lowest BCUT2D eigenvalue weighted by atomic mass is 10.0. The van der Waals surface area contributed by atoms with E-state index in [2.05, 4.69) is 31.1 Å². The van der Waals surface area contributed by atoms with Crippen molar-refractivity contribution in [3.8, 4) is 5.88 Å². The molecule has 1 aromatic heterocycles. The largest absolute Gasteiger partial charge is 0.476 e. The van der Waals surface area contributed by atoms with E-state index in [1.807, 2.05) is 6.07 Å². The van der Waals surface area contributed by atoms with Gasteiger partial charge in [0, 0.05) is 13.2 Å². The highest BCUT2D eigenvalue weighted by atomic mass is 16.5. The van der Waals surface area contributed by atoms with Crippen molar-refractivity contribution in [1.29, 1.82) is 0 Å². The maximum absolute atomic E-state index is 8.99. The van der Waals surface area contributed by atoms with Gasteiger partial charge in [0.1, 0.15) is 5.82 Å². The van der Waals surface area contributed by atoms with Crippen molar-refractivity contribution in [2.24, 2.45) is 11.8 Å². The van der Waals surface area contributed by atoms with Crippen LogP contribution in [0.3, 0.4) is 0 Å². The van der Waals surface area contributed by atoms with Crippen molar-refractivity contribution in [2.45, 2.75) is 33.6 Å². The Hall–Kier alpha value is -1.49. The molecule has 0 saturated carbocycles. The van der Waals surface area contributed by atoms with E-state index in [-0.39, 0.29) is 6.61 Å². The number of aromatic nitrogens is 1. The molecule has 1 heterocycles. The van der Waals surface area contributed by atoms with Crippen LogP contribution in [0.4, 0.5) is 11.5 Å². The number of hydrogen-bond donors (Lipinski definition) is 3. The molecule has 0 aromatic carbocycles. The number of hydrogen-bond acceptors (Lipinski definition) is 5. The highest BCUT2D eigenvalue weighted by Crippen LogP contribution is 2.22. The number of ether oxygens (including phenoxy) is 1. The fourth-order valence-corrected chi connectivity index (χ4v) is 1.79. The van der Waals surface area contributed by atoms with E-state index < -0.39 is 0 Å². The number of aliphatic hydroxyl groups is 1. The van der Waals surface area contributed by atoms with Crippen LogP contribution in [-0.2, 0) is 0 Å². The van der Waals surface area contributed by atoms with Gasteiger partial charge in [-0.1, -0.05) is 27.2 Å². The lowest BCUT2D eigenvalue weighted by Gasteiger charge is -2.16. The van der Waals surface area contributed by atoms with Gasteiger partial charge in [-0.25, -0.2) is 0 Å². The molecule has 0 radical (unpaired) electrons. The van der Waals surface area contributed by atoms with Gasteiger partial charge in [0.25, 0.3) is 0 Å². The van der Waals surface area contributed by atoms with Crippen molar-refractivity contribution >= 4 is 11.5 Å². The molecule has 1 unspecified atom stereocenters. The summed E-state index contributed by atoms with van der Waals surface area (Å²) in [6.45, 7) is 7.89. The number of anilines is 2. The van der Waals surface area contributed by atoms with Gasteiger partial charge in [-0.3, -0.25) is 0 Å². The van der Waals surface area contributed by atoms with Crippen LogP contribution in [0.2, 0.25) is 0 Å². The molecule has 114 valence electrons. The minimum absolute atomic E-state index is 0.220. The third-order valence-electron chi connectivity index (χ3n) is 3.13. The van der Waals surface area contributed by atoms with E-state index in [1.54, 1.807) is 6.07 Å². The predicted octanol–water partition coefficient (Wildman–Crippen LogP) is 2.52. The molecule has 0 aliphatic carbocycles. The first kappa shape index (κ1) is 16.6. The summed E-state index contributed by atoms with van der Waals surface area (Å²) in [7, 11) is 0. The summed E-state index contributed by atoms with van der Waals surface area (Å²) in [5, 5.41) is 12.3. The quantitative estimate of drug-likeness (QED) is 0.648. The lowest BCUT2D eigenvalue weighted by Crippen LogP contribution is -2.16. The molecule has 0 fully saturated rings. The first-order valence-corrected chi connectivity index (χ1v) is 7.30. The average Bonchev–Trinajstić information content (AvgIpc) is 2.43. The van der Waals surface area contributed by atoms with E-state index in [0.29, 0.717) is 30.0 Å². The topological polar surface area (TPSA) is 80.4 Å². The minimum atomic E-state index is 0.220. The van der Waals surface area contributed by atoms with Crippen LogP contribution < -0.4 is 15.8 Å². The SMILES string of the molecule is CCC(CCO)CNc1ccc(N)c(OCC(C)C)n1. The van der Waals surface area contributed by atoms with Crippen molar-refractivity contribution in [1.82, 2.24) is 4.98 Å². The monoisotopic (exact) mass is 281 g/mol. The Labute approximate surface area is 121 Å². The van der Waals surface area contributed by atoms with E-state index in [9.17, 15) is 0 Å². The Bertz CT molecular complexity index is 397.